The van der Waals surface area contributed by atoms with Crippen molar-refractivity contribution in [3.63, 3.8) is 0 Å². The zero-order chi connectivity index (χ0) is 19.5. The smallest absolute Gasteiger partial charge is 0.273 e. The first kappa shape index (κ1) is 18.9. The number of hydrogen-bond acceptors (Lipinski definition) is 5. The summed E-state index contributed by atoms with van der Waals surface area (Å²) in [5.41, 5.74) is 2.58. The van der Waals surface area contributed by atoms with Crippen LogP contribution in [0.4, 0.5) is 10.8 Å². The van der Waals surface area contributed by atoms with E-state index in [-0.39, 0.29) is 17.7 Å². The van der Waals surface area contributed by atoms with Gasteiger partial charge in [-0.1, -0.05) is 12.1 Å². The maximum Gasteiger partial charge on any atom is 0.273 e. The minimum Gasteiger partial charge on any atom is -0.342 e. The summed E-state index contributed by atoms with van der Waals surface area (Å²) in [5.74, 6) is 0.0712. The number of carbonyl (C=O) groups is 2. The van der Waals surface area contributed by atoms with Crippen LogP contribution in [0.2, 0.25) is 0 Å². The molecule has 0 radical (unpaired) electrons. The van der Waals surface area contributed by atoms with Crippen molar-refractivity contribution in [2.45, 2.75) is 32.6 Å². The molecule has 0 aliphatic carbocycles. The number of piperidine rings is 1. The topological polar surface area (TPSA) is 65.5 Å². The van der Waals surface area contributed by atoms with Crippen LogP contribution in [0.5, 0.6) is 0 Å². The summed E-state index contributed by atoms with van der Waals surface area (Å²) >= 11 is 1.43. The summed E-state index contributed by atoms with van der Waals surface area (Å²) in [7, 11) is 0. The highest BCUT2D eigenvalue weighted by Gasteiger charge is 2.33. The Kier molecular flexibility index (Phi) is 5.62. The van der Waals surface area contributed by atoms with Gasteiger partial charge in [-0.3, -0.25) is 9.59 Å². The molecule has 1 N–H and O–H groups in total. The number of hydrogen-bond donors (Lipinski definition) is 1. The Morgan fingerprint density at radius 3 is 2.71 bits per heavy atom. The van der Waals surface area contributed by atoms with E-state index in [0.29, 0.717) is 23.9 Å². The quantitative estimate of drug-likeness (QED) is 0.853. The van der Waals surface area contributed by atoms with E-state index in [2.05, 4.69) is 10.3 Å². The van der Waals surface area contributed by atoms with Crippen molar-refractivity contribution < 1.29 is 9.59 Å². The van der Waals surface area contributed by atoms with Crippen molar-refractivity contribution in [1.82, 2.24) is 14.8 Å². The Hall–Kier alpha value is -2.41. The monoisotopic (exact) mass is 398 g/mol. The number of nitrogens with zero attached hydrogens (tertiary/aromatic N) is 3. The van der Waals surface area contributed by atoms with E-state index in [1.807, 2.05) is 36.1 Å². The number of rotatable bonds is 4. The minimum atomic E-state index is -0.0764. The third-order valence-electron chi connectivity index (χ3n) is 5.47. The van der Waals surface area contributed by atoms with Gasteiger partial charge in [-0.15, -0.1) is 11.3 Å². The summed E-state index contributed by atoms with van der Waals surface area (Å²) in [5, 5.41) is 5.77. The van der Waals surface area contributed by atoms with E-state index in [9.17, 15) is 9.59 Å². The molecule has 1 aromatic heterocycles. The van der Waals surface area contributed by atoms with Gasteiger partial charge in [0, 0.05) is 37.2 Å². The van der Waals surface area contributed by atoms with Crippen molar-refractivity contribution in [1.29, 1.82) is 0 Å². The van der Waals surface area contributed by atoms with Gasteiger partial charge in [-0.25, -0.2) is 4.98 Å². The summed E-state index contributed by atoms with van der Waals surface area (Å²) in [6, 6.07) is 8.05. The van der Waals surface area contributed by atoms with E-state index in [4.69, 9.17) is 0 Å². The third kappa shape index (κ3) is 4.19. The van der Waals surface area contributed by atoms with Crippen LogP contribution in [0.25, 0.3) is 0 Å². The number of aryl methyl sites for hydroxylation is 1. The van der Waals surface area contributed by atoms with Crippen LogP contribution in [0.1, 0.15) is 41.7 Å². The molecule has 0 bridgehead atoms. The number of anilines is 2. The predicted octanol–water partition coefficient (Wildman–Crippen LogP) is 3.67. The molecular weight excluding hydrogens is 372 g/mol. The number of nitrogens with one attached hydrogen (secondary N) is 1. The molecule has 2 saturated heterocycles. The number of thiazole rings is 1. The highest BCUT2D eigenvalue weighted by Crippen LogP contribution is 2.25. The van der Waals surface area contributed by atoms with Gasteiger partial charge in [-0.2, -0.15) is 0 Å². The second-order valence-electron chi connectivity index (χ2n) is 7.66. The van der Waals surface area contributed by atoms with E-state index in [1.54, 1.807) is 10.3 Å². The molecule has 148 valence electrons. The Bertz CT molecular complexity index is 860. The van der Waals surface area contributed by atoms with Gasteiger partial charge in [-0.05, 0) is 50.3 Å². The Balaban J connectivity index is 1.40. The highest BCUT2D eigenvalue weighted by atomic mass is 32.1. The average molecular weight is 399 g/mol. The molecule has 2 fully saturated rings. The van der Waals surface area contributed by atoms with Crippen molar-refractivity contribution in [2.24, 2.45) is 5.92 Å². The first-order valence-corrected chi connectivity index (χ1v) is 10.9. The SMILES string of the molecule is Cc1cccc(Nc2nc(C(=O)N3CCCC(C(=O)N4CCCC4)C3)cs2)c1. The van der Waals surface area contributed by atoms with Crippen LogP contribution in [0, 0.1) is 12.8 Å². The van der Waals surface area contributed by atoms with Crippen molar-refractivity contribution in [3.05, 3.63) is 40.9 Å². The van der Waals surface area contributed by atoms with Gasteiger partial charge in [0.05, 0.1) is 5.92 Å². The molecule has 0 saturated carbocycles. The van der Waals surface area contributed by atoms with E-state index < -0.39 is 0 Å². The van der Waals surface area contributed by atoms with Crippen LogP contribution < -0.4 is 5.32 Å². The standard InChI is InChI=1S/C21H26N4O2S/c1-15-6-4-8-17(12-15)22-21-23-18(14-28-21)20(27)25-11-5-7-16(13-25)19(26)24-9-2-3-10-24/h4,6,8,12,14,16H,2-3,5,7,9-11,13H2,1H3,(H,22,23). The lowest BCUT2D eigenvalue weighted by molar-refractivity contribution is -0.135. The molecule has 1 aromatic carbocycles. The Labute approximate surface area is 169 Å². The minimum absolute atomic E-state index is 0.0701. The van der Waals surface area contributed by atoms with Gasteiger partial charge >= 0.3 is 0 Å². The molecule has 7 heteroatoms. The van der Waals surface area contributed by atoms with Crippen LogP contribution in [-0.4, -0.2) is 52.8 Å². The number of likely N-dealkylation sites (tertiary alicyclic amines) is 2. The van der Waals surface area contributed by atoms with E-state index >= 15 is 0 Å². The van der Waals surface area contributed by atoms with Crippen molar-refractivity contribution in [3.8, 4) is 0 Å². The maximum atomic E-state index is 12.9. The molecule has 0 spiro atoms. The lowest BCUT2D eigenvalue weighted by Gasteiger charge is -2.33. The molecule has 2 aromatic rings. The molecule has 28 heavy (non-hydrogen) atoms. The molecule has 4 rings (SSSR count). The lowest BCUT2D eigenvalue weighted by Crippen LogP contribution is -2.46. The molecule has 2 amide bonds. The second-order valence-corrected chi connectivity index (χ2v) is 8.51. The predicted molar refractivity (Wildman–Crippen MR) is 111 cm³/mol. The number of aromatic nitrogens is 1. The normalized spacial score (nSPS) is 19.7. The van der Waals surface area contributed by atoms with Gasteiger partial charge in [0.25, 0.3) is 5.91 Å². The summed E-state index contributed by atoms with van der Waals surface area (Å²) in [4.78, 5) is 33.9. The van der Waals surface area contributed by atoms with Gasteiger partial charge in [0.15, 0.2) is 5.13 Å². The number of amides is 2. The summed E-state index contributed by atoms with van der Waals surface area (Å²) < 4.78 is 0. The van der Waals surface area contributed by atoms with E-state index in [0.717, 1.165) is 44.5 Å². The fourth-order valence-electron chi connectivity index (χ4n) is 4.00. The Morgan fingerprint density at radius 1 is 1.14 bits per heavy atom. The summed E-state index contributed by atoms with van der Waals surface area (Å²) in [6.45, 7) is 4.97. The van der Waals surface area contributed by atoms with Gasteiger partial charge < -0.3 is 15.1 Å². The van der Waals surface area contributed by atoms with E-state index in [1.165, 1.54) is 16.9 Å². The molecule has 3 heterocycles. The molecule has 1 unspecified atom stereocenters. The average Bonchev–Trinajstić information content (AvgIpc) is 3.39. The molecule has 1 atom stereocenters. The van der Waals surface area contributed by atoms with Gasteiger partial charge in [0.2, 0.25) is 5.91 Å². The fraction of sp³-hybridized carbons (Fsp3) is 0.476. The van der Waals surface area contributed by atoms with Crippen LogP contribution in [0.15, 0.2) is 29.6 Å². The van der Waals surface area contributed by atoms with Crippen molar-refractivity contribution in [2.75, 3.05) is 31.5 Å². The third-order valence-corrected chi connectivity index (χ3v) is 6.23. The van der Waals surface area contributed by atoms with Crippen LogP contribution in [-0.2, 0) is 4.79 Å². The highest BCUT2D eigenvalue weighted by molar-refractivity contribution is 7.14. The lowest BCUT2D eigenvalue weighted by atomic mass is 9.96. The molecule has 2 aliphatic heterocycles. The zero-order valence-electron chi connectivity index (χ0n) is 16.2. The second kappa shape index (κ2) is 8.31. The first-order valence-electron chi connectivity index (χ1n) is 9.97. The Morgan fingerprint density at radius 2 is 1.93 bits per heavy atom. The van der Waals surface area contributed by atoms with Gasteiger partial charge in [0.1, 0.15) is 5.69 Å². The molecular formula is C21H26N4O2S. The first-order chi connectivity index (χ1) is 13.6. The fourth-order valence-corrected chi connectivity index (χ4v) is 4.70. The molecule has 6 nitrogen and oxygen atoms in total. The maximum absolute atomic E-state index is 12.9. The van der Waals surface area contributed by atoms with Crippen LogP contribution >= 0.6 is 11.3 Å². The largest absolute Gasteiger partial charge is 0.342 e. The molecule has 2 aliphatic rings. The zero-order valence-corrected chi connectivity index (χ0v) is 17.0. The number of benzene rings is 1. The van der Waals surface area contributed by atoms with Crippen LogP contribution in [0.3, 0.4) is 0 Å². The van der Waals surface area contributed by atoms with Crippen molar-refractivity contribution >= 4 is 34.0 Å². The number of carbonyl (C=O) groups excluding carboxylic acids is 2. The summed E-state index contributed by atoms with van der Waals surface area (Å²) in [6.07, 6.45) is 3.93.